The van der Waals surface area contributed by atoms with Crippen molar-refractivity contribution in [1.29, 1.82) is 0 Å². The van der Waals surface area contributed by atoms with Gasteiger partial charge >= 0.3 is 0 Å². The second kappa shape index (κ2) is 13.8. The third-order valence-electron chi connectivity index (χ3n) is 9.26. The SMILES string of the molecule is COc1cc(N2CCC(N3CCN(C)CC3)CC2)ccc1Nc1ncc(Cl)c(Nc2cccc3c2N(S(C)(=O)=O)C(CCO)C3)n1. The first-order valence-corrected chi connectivity index (χ1v) is 18.0. The highest BCUT2D eigenvalue weighted by molar-refractivity contribution is 7.92. The molecule has 12 nitrogen and oxygen atoms in total. The van der Waals surface area contributed by atoms with Gasteiger partial charge in [0, 0.05) is 63.7 Å². The van der Waals surface area contributed by atoms with Gasteiger partial charge in [-0.3, -0.25) is 9.21 Å². The van der Waals surface area contributed by atoms with Crippen LogP contribution in [0.15, 0.2) is 42.6 Å². The van der Waals surface area contributed by atoms with E-state index in [2.05, 4.69) is 48.4 Å². The first kappa shape index (κ1) is 32.6. The number of hydrogen-bond acceptors (Lipinski definition) is 11. The van der Waals surface area contributed by atoms with Gasteiger partial charge < -0.3 is 30.3 Å². The molecule has 0 saturated carbocycles. The fourth-order valence-electron chi connectivity index (χ4n) is 6.86. The molecule has 2 aromatic carbocycles. The molecule has 0 bridgehead atoms. The first-order chi connectivity index (χ1) is 22.1. The van der Waals surface area contributed by atoms with Gasteiger partial charge in [-0.05, 0) is 56.5 Å². The van der Waals surface area contributed by atoms with Gasteiger partial charge in [-0.1, -0.05) is 23.7 Å². The number of nitrogens with one attached hydrogen (secondary N) is 2. The van der Waals surface area contributed by atoms with E-state index in [1.807, 2.05) is 24.3 Å². The van der Waals surface area contributed by atoms with Crippen molar-refractivity contribution in [1.82, 2.24) is 19.8 Å². The molecule has 1 atom stereocenters. The second-order valence-electron chi connectivity index (χ2n) is 12.3. The largest absolute Gasteiger partial charge is 0.494 e. The smallest absolute Gasteiger partial charge is 0.232 e. The number of para-hydroxylation sites is 1. The quantitative estimate of drug-likeness (QED) is 0.291. The zero-order valence-electron chi connectivity index (χ0n) is 26.6. The minimum atomic E-state index is -3.61. The number of benzene rings is 2. The Labute approximate surface area is 276 Å². The van der Waals surface area contributed by atoms with E-state index in [-0.39, 0.29) is 17.7 Å². The molecule has 4 heterocycles. The molecule has 2 fully saturated rings. The normalized spacial score (nSPS) is 19.7. The number of piperidine rings is 1. The summed E-state index contributed by atoms with van der Waals surface area (Å²) in [5.41, 5.74) is 3.78. The Morgan fingerprint density at radius 2 is 1.80 bits per heavy atom. The van der Waals surface area contributed by atoms with Gasteiger partial charge in [0.25, 0.3) is 0 Å². The lowest BCUT2D eigenvalue weighted by Crippen LogP contribution is -2.52. The second-order valence-corrected chi connectivity index (χ2v) is 14.6. The van der Waals surface area contributed by atoms with E-state index in [0.29, 0.717) is 53.5 Å². The minimum Gasteiger partial charge on any atom is -0.494 e. The third kappa shape index (κ3) is 6.98. The first-order valence-electron chi connectivity index (χ1n) is 15.8. The van der Waals surface area contributed by atoms with Gasteiger partial charge in [0.05, 0.1) is 42.7 Å². The van der Waals surface area contributed by atoms with Crippen molar-refractivity contribution < 1.29 is 18.3 Å². The highest BCUT2D eigenvalue weighted by Gasteiger charge is 2.37. The van der Waals surface area contributed by atoms with E-state index in [0.717, 1.165) is 63.4 Å². The summed E-state index contributed by atoms with van der Waals surface area (Å²) in [4.78, 5) is 16.5. The van der Waals surface area contributed by atoms with Gasteiger partial charge in [-0.15, -0.1) is 0 Å². The molecule has 0 spiro atoms. The Hall–Kier alpha value is -3.36. The molecule has 1 unspecified atom stereocenters. The molecule has 6 rings (SSSR count). The molecule has 0 aliphatic carbocycles. The summed E-state index contributed by atoms with van der Waals surface area (Å²) in [7, 11) is 0.235. The lowest BCUT2D eigenvalue weighted by molar-refractivity contribution is 0.0982. The number of piperazine rings is 1. The number of nitrogens with zero attached hydrogens (tertiary/aromatic N) is 6. The van der Waals surface area contributed by atoms with Crippen molar-refractivity contribution >= 4 is 56.1 Å². The monoisotopic (exact) mass is 670 g/mol. The van der Waals surface area contributed by atoms with Gasteiger partial charge in [-0.25, -0.2) is 13.4 Å². The molecule has 0 amide bonds. The van der Waals surface area contributed by atoms with Crippen molar-refractivity contribution in [3.63, 3.8) is 0 Å². The molecule has 1 aromatic heterocycles. The minimum absolute atomic E-state index is 0.111. The van der Waals surface area contributed by atoms with Gasteiger partial charge in [0.15, 0.2) is 5.82 Å². The summed E-state index contributed by atoms with van der Waals surface area (Å²) in [6.45, 7) is 6.48. The number of halogens is 1. The van der Waals surface area contributed by atoms with Crippen LogP contribution in [-0.4, -0.2) is 112 Å². The van der Waals surface area contributed by atoms with Crippen LogP contribution in [-0.2, 0) is 16.4 Å². The van der Waals surface area contributed by atoms with Crippen molar-refractivity contribution in [3.8, 4) is 5.75 Å². The number of hydrogen-bond donors (Lipinski definition) is 3. The van der Waals surface area contributed by atoms with Crippen LogP contribution in [0.1, 0.15) is 24.8 Å². The number of ether oxygens (including phenoxy) is 1. The van der Waals surface area contributed by atoms with Crippen LogP contribution in [0.4, 0.5) is 34.5 Å². The number of fused-ring (bicyclic) bond motifs is 1. The van der Waals surface area contributed by atoms with Gasteiger partial charge in [0.1, 0.15) is 10.8 Å². The van der Waals surface area contributed by atoms with Gasteiger partial charge in [0.2, 0.25) is 16.0 Å². The Kier molecular flexibility index (Phi) is 9.76. The predicted octanol–water partition coefficient (Wildman–Crippen LogP) is 3.92. The Balaban J connectivity index is 1.17. The summed E-state index contributed by atoms with van der Waals surface area (Å²) in [6, 6.07) is 11.9. The Morgan fingerprint density at radius 1 is 1.04 bits per heavy atom. The molecular formula is C32H43ClN8O4S. The Morgan fingerprint density at radius 3 is 2.50 bits per heavy atom. The highest BCUT2D eigenvalue weighted by atomic mass is 35.5. The van der Waals surface area contributed by atoms with Crippen LogP contribution in [0, 0.1) is 0 Å². The molecule has 3 N–H and O–H groups in total. The highest BCUT2D eigenvalue weighted by Crippen LogP contribution is 2.43. The summed E-state index contributed by atoms with van der Waals surface area (Å²) in [5.74, 6) is 1.30. The van der Waals surface area contributed by atoms with Crippen LogP contribution >= 0.6 is 11.6 Å². The number of anilines is 6. The fourth-order valence-corrected chi connectivity index (χ4v) is 8.27. The number of methoxy groups -OCH3 is 1. The molecule has 3 aromatic rings. The lowest BCUT2D eigenvalue weighted by Gasteiger charge is -2.42. The van der Waals surface area contributed by atoms with Crippen LogP contribution in [0.25, 0.3) is 0 Å². The molecule has 14 heteroatoms. The summed E-state index contributed by atoms with van der Waals surface area (Å²) in [5, 5.41) is 16.3. The molecule has 0 radical (unpaired) electrons. The van der Waals surface area contributed by atoms with E-state index >= 15 is 0 Å². The maximum absolute atomic E-state index is 12.8. The number of aromatic nitrogens is 2. The predicted molar refractivity (Wildman–Crippen MR) is 184 cm³/mol. The number of likely N-dealkylation sites (N-methyl/N-ethyl adjacent to an activating group) is 1. The van der Waals surface area contributed by atoms with Crippen molar-refractivity contribution in [2.24, 2.45) is 0 Å². The summed E-state index contributed by atoms with van der Waals surface area (Å²) >= 11 is 6.52. The summed E-state index contributed by atoms with van der Waals surface area (Å²) in [6.07, 6.45) is 5.81. The van der Waals surface area contributed by atoms with Crippen LogP contribution < -0.4 is 24.6 Å². The standard InChI is InChI=1S/C32H43ClN8O4S/c1-38-14-16-40(17-15-38)23-9-12-39(13-10-23)24-7-8-27(29(20-24)45-2)36-32-34-21-26(33)31(37-32)35-28-6-4-5-22-19-25(11-18-42)41(30(22)28)46(3,43)44/h4-8,20-21,23,25,42H,9-19H2,1-3H3,(H2,34,35,36,37). The fraction of sp³-hybridized carbons (Fsp3) is 0.500. The zero-order chi connectivity index (χ0) is 32.4. The zero-order valence-corrected chi connectivity index (χ0v) is 28.2. The third-order valence-corrected chi connectivity index (χ3v) is 10.7. The maximum Gasteiger partial charge on any atom is 0.232 e. The molecule has 3 aliphatic heterocycles. The van der Waals surface area contributed by atoms with Crippen molar-refractivity contribution in [3.05, 3.63) is 53.2 Å². The van der Waals surface area contributed by atoms with Crippen LogP contribution in [0.3, 0.4) is 0 Å². The van der Waals surface area contributed by atoms with E-state index < -0.39 is 10.0 Å². The number of sulfonamides is 1. The molecule has 46 heavy (non-hydrogen) atoms. The van der Waals surface area contributed by atoms with E-state index in [4.69, 9.17) is 16.3 Å². The number of rotatable bonds is 10. The number of aliphatic hydroxyl groups excluding tert-OH is 1. The molecular weight excluding hydrogens is 628 g/mol. The average Bonchev–Trinajstić information content (AvgIpc) is 3.43. The molecule has 248 valence electrons. The van der Waals surface area contributed by atoms with Crippen LogP contribution in [0.2, 0.25) is 5.02 Å². The van der Waals surface area contributed by atoms with E-state index in [9.17, 15) is 13.5 Å². The molecule has 3 aliphatic rings. The Bertz CT molecular complexity index is 1650. The van der Waals surface area contributed by atoms with E-state index in [1.54, 1.807) is 13.2 Å². The average molecular weight is 671 g/mol. The lowest BCUT2D eigenvalue weighted by atomic mass is 10.0. The van der Waals surface area contributed by atoms with Crippen molar-refractivity contribution in [2.45, 2.75) is 37.8 Å². The maximum atomic E-state index is 12.8. The molecule has 2 saturated heterocycles. The van der Waals surface area contributed by atoms with Crippen molar-refractivity contribution in [2.75, 3.05) is 86.1 Å². The van der Waals surface area contributed by atoms with Gasteiger partial charge in [-0.2, -0.15) is 4.98 Å². The topological polar surface area (TPSA) is 126 Å². The van der Waals surface area contributed by atoms with Crippen LogP contribution in [0.5, 0.6) is 5.75 Å². The summed E-state index contributed by atoms with van der Waals surface area (Å²) < 4.78 is 32.8. The number of aliphatic hydroxyl groups is 1. The van der Waals surface area contributed by atoms with E-state index in [1.165, 1.54) is 16.8 Å².